The Morgan fingerprint density at radius 2 is 1.56 bits per heavy atom. The fraction of sp³-hybridized carbons (Fsp3) is 0.450. The van der Waals surface area contributed by atoms with Gasteiger partial charge < -0.3 is 10.2 Å². The second kappa shape index (κ2) is 9.16. The largest absolute Gasteiger partial charge is 0.478 e. The number of carboxylic acid groups (broad SMARTS) is 2. The molecule has 5 nitrogen and oxygen atoms in total. The highest BCUT2D eigenvalue weighted by atomic mass is 16.4. The summed E-state index contributed by atoms with van der Waals surface area (Å²) in [6.07, 6.45) is 4.61. The Hall–Kier alpha value is -2.43. The first-order valence-corrected chi connectivity index (χ1v) is 8.74. The van der Waals surface area contributed by atoms with E-state index in [1.54, 1.807) is 0 Å². The van der Waals surface area contributed by atoms with E-state index in [-0.39, 0.29) is 35.7 Å². The molecule has 0 radical (unpaired) electrons. The Labute approximate surface area is 147 Å². The minimum absolute atomic E-state index is 0.0692. The third-order valence-electron chi connectivity index (χ3n) is 4.74. The lowest BCUT2D eigenvalue weighted by molar-refractivity contribution is -0.137. The van der Waals surface area contributed by atoms with Gasteiger partial charge in [0.15, 0.2) is 0 Å². The highest BCUT2D eigenvalue weighted by Gasteiger charge is 2.30. The summed E-state index contributed by atoms with van der Waals surface area (Å²) in [5.74, 6) is -3.01. The van der Waals surface area contributed by atoms with E-state index < -0.39 is 11.9 Å². The summed E-state index contributed by atoms with van der Waals surface area (Å²) in [6.45, 7) is 0. The van der Waals surface area contributed by atoms with E-state index in [2.05, 4.69) is 0 Å². The van der Waals surface area contributed by atoms with Crippen LogP contribution >= 0.6 is 0 Å². The van der Waals surface area contributed by atoms with Crippen LogP contribution in [0.2, 0.25) is 0 Å². The first-order valence-electron chi connectivity index (χ1n) is 8.74. The van der Waals surface area contributed by atoms with Gasteiger partial charge in [-0.25, -0.2) is 9.59 Å². The van der Waals surface area contributed by atoms with Gasteiger partial charge in [0.2, 0.25) is 0 Å². The van der Waals surface area contributed by atoms with Gasteiger partial charge in [-0.15, -0.1) is 0 Å². The van der Waals surface area contributed by atoms with Gasteiger partial charge in [-0.1, -0.05) is 49.6 Å². The number of hydrogen-bond acceptors (Lipinski definition) is 3. The fourth-order valence-corrected chi connectivity index (χ4v) is 3.44. The van der Waals surface area contributed by atoms with Crippen molar-refractivity contribution in [2.24, 2.45) is 5.92 Å². The van der Waals surface area contributed by atoms with Crippen molar-refractivity contribution < 1.29 is 24.6 Å². The molecule has 2 rings (SSSR count). The molecule has 0 aromatic heterocycles. The Morgan fingerprint density at radius 3 is 2.12 bits per heavy atom. The fourth-order valence-electron chi connectivity index (χ4n) is 3.44. The lowest BCUT2D eigenvalue weighted by atomic mass is 9.80. The second-order valence-corrected chi connectivity index (χ2v) is 6.54. The van der Waals surface area contributed by atoms with E-state index in [0.29, 0.717) is 19.3 Å². The molecule has 0 saturated heterocycles. The molecular formula is C20H24O5. The van der Waals surface area contributed by atoms with Crippen molar-refractivity contribution in [3.05, 3.63) is 47.0 Å². The number of benzene rings is 1. The number of aryl methyl sites for hydroxylation is 1. The van der Waals surface area contributed by atoms with E-state index in [9.17, 15) is 24.6 Å². The molecular weight excluding hydrogens is 320 g/mol. The predicted molar refractivity (Wildman–Crippen MR) is 93.3 cm³/mol. The molecule has 0 unspecified atom stereocenters. The molecule has 1 aliphatic carbocycles. The Kier molecular flexibility index (Phi) is 6.92. The van der Waals surface area contributed by atoms with Gasteiger partial charge in [-0.3, -0.25) is 4.79 Å². The van der Waals surface area contributed by atoms with Crippen LogP contribution in [-0.2, 0) is 20.8 Å². The maximum absolute atomic E-state index is 12.3. The molecule has 0 atom stereocenters. The van der Waals surface area contributed by atoms with E-state index in [1.165, 1.54) is 0 Å². The number of rotatable bonds is 8. The summed E-state index contributed by atoms with van der Waals surface area (Å²) >= 11 is 0. The molecule has 0 spiro atoms. The summed E-state index contributed by atoms with van der Waals surface area (Å²) < 4.78 is 0. The van der Waals surface area contributed by atoms with Gasteiger partial charge in [-0.2, -0.15) is 0 Å². The lowest BCUT2D eigenvalue weighted by Gasteiger charge is -2.23. The Bertz CT molecular complexity index is 654. The molecule has 0 bridgehead atoms. The van der Waals surface area contributed by atoms with Crippen molar-refractivity contribution in [3.63, 3.8) is 0 Å². The van der Waals surface area contributed by atoms with Crippen LogP contribution in [0.15, 0.2) is 41.5 Å². The average Bonchev–Trinajstić information content (AvgIpc) is 2.61. The molecule has 1 aromatic carbocycles. The molecule has 25 heavy (non-hydrogen) atoms. The Balaban J connectivity index is 2.12. The summed E-state index contributed by atoms with van der Waals surface area (Å²) in [5, 5.41) is 19.0. The maximum Gasteiger partial charge on any atom is 0.332 e. The van der Waals surface area contributed by atoms with Crippen LogP contribution in [-0.4, -0.2) is 27.9 Å². The van der Waals surface area contributed by atoms with E-state index >= 15 is 0 Å². The molecule has 1 fully saturated rings. The summed E-state index contributed by atoms with van der Waals surface area (Å²) in [4.78, 5) is 35.5. The van der Waals surface area contributed by atoms with E-state index in [4.69, 9.17) is 0 Å². The molecule has 0 aliphatic heterocycles. The standard InChI is InChI=1S/C20H24O5/c21-16(12-11-14-7-3-1-4-8-14)13-17(19(22)23)18(20(24)25)15-9-5-2-6-10-15/h1,3-4,7-8,15H,2,5-6,9-13H2,(H,22,23)(H,24,25)/b18-17+. The maximum atomic E-state index is 12.3. The quantitative estimate of drug-likeness (QED) is 0.703. The van der Waals surface area contributed by atoms with Crippen LogP contribution in [0.5, 0.6) is 0 Å². The van der Waals surface area contributed by atoms with Gasteiger partial charge >= 0.3 is 11.9 Å². The van der Waals surface area contributed by atoms with Gasteiger partial charge in [-0.05, 0) is 30.7 Å². The molecule has 0 heterocycles. The number of ketones is 1. The number of carboxylic acids is 2. The van der Waals surface area contributed by atoms with E-state index in [0.717, 1.165) is 24.8 Å². The topological polar surface area (TPSA) is 91.7 Å². The molecule has 1 saturated carbocycles. The summed E-state index contributed by atoms with van der Waals surface area (Å²) in [7, 11) is 0. The van der Waals surface area contributed by atoms with Crippen LogP contribution < -0.4 is 0 Å². The normalized spacial score (nSPS) is 16.2. The highest BCUT2D eigenvalue weighted by molar-refractivity contribution is 6.03. The molecule has 1 aliphatic rings. The zero-order valence-electron chi connectivity index (χ0n) is 14.2. The minimum Gasteiger partial charge on any atom is -0.478 e. The predicted octanol–water partition coefficient (Wildman–Crippen LogP) is 3.62. The second-order valence-electron chi connectivity index (χ2n) is 6.54. The number of aliphatic carboxylic acids is 2. The molecule has 1 aromatic rings. The average molecular weight is 344 g/mol. The number of carbonyl (C=O) groups is 3. The number of Topliss-reactive ketones (excluding diaryl/α,β-unsaturated/α-hetero) is 1. The van der Waals surface area contributed by atoms with Crippen molar-refractivity contribution in [2.45, 2.75) is 51.4 Å². The zero-order chi connectivity index (χ0) is 18.2. The highest BCUT2D eigenvalue weighted by Crippen LogP contribution is 2.32. The zero-order valence-corrected chi connectivity index (χ0v) is 14.2. The first kappa shape index (κ1) is 18.9. The van der Waals surface area contributed by atoms with Crippen LogP contribution in [0, 0.1) is 5.92 Å². The summed E-state index contributed by atoms with van der Waals surface area (Å²) in [6, 6.07) is 9.47. The van der Waals surface area contributed by atoms with Gasteiger partial charge in [0, 0.05) is 12.8 Å². The van der Waals surface area contributed by atoms with Gasteiger partial charge in [0.05, 0.1) is 11.1 Å². The van der Waals surface area contributed by atoms with Gasteiger partial charge in [0.25, 0.3) is 0 Å². The van der Waals surface area contributed by atoms with Crippen molar-refractivity contribution in [2.75, 3.05) is 0 Å². The van der Waals surface area contributed by atoms with Crippen LogP contribution in [0.1, 0.15) is 50.5 Å². The van der Waals surface area contributed by atoms with Crippen molar-refractivity contribution >= 4 is 17.7 Å². The molecule has 5 heteroatoms. The monoisotopic (exact) mass is 344 g/mol. The number of carbonyl (C=O) groups excluding carboxylic acids is 1. The smallest absolute Gasteiger partial charge is 0.332 e. The van der Waals surface area contributed by atoms with Gasteiger partial charge in [0.1, 0.15) is 5.78 Å². The van der Waals surface area contributed by atoms with Crippen LogP contribution in [0.25, 0.3) is 0 Å². The third-order valence-corrected chi connectivity index (χ3v) is 4.74. The molecule has 0 amide bonds. The Morgan fingerprint density at radius 1 is 0.920 bits per heavy atom. The van der Waals surface area contributed by atoms with E-state index in [1.807, 2.05) is 30.3 Å². The first-order chi connectivity index (χ1) is 12.0. The van der Waals surface area contributed by atoms with Crippen LogP contribution in [0.3, 0.4) is 0 Å². The molecule has 2 N–H and O–H groups in total. The van der Waals surface area contributed by atoms with Crippen LogP contribution in [0.4, 0.5) is 0 Å². The number of hydrogen-bond donors (Lipinski definition) is 2. The minimum atomic E-state index is -1.30. The van der Waals surface area contributed by atoms with Crippen molar-refractivity contribution in [1.29, 1.82) is 0 Å². The SMILES string of the molecule is O=C(CCc1ccccc1)C/C(C(=O)O)=C(\C(=O)O)C1CCCCC1. The molecule has 134 valence electrons. The van der Waals surface area contributed by atoms with Crippen molar-refractivity contribution in [3.8, 4) is 0 Å². The third kappa shape index (κ3) is 5.55. The lowest BCUT2D eigenvalue weighted by Crippen LogP contribution is -2.22. The summed E-state index contributed by atoms with van der Waals surface area (Å²) in [5.41, 5.74) is 0.695. The van der Waals surface area contributed by atoms with Crippen molar-refractivity contribution in [1.82, 2.24) is 0 Å².